The molecular formula is C23H20Cl2N2O4. The Labute approximate surface area is 190 Å². The Morgan fingerprint density at radius 1 is 1.23 bits per heavy atom. The van der Waals surface area contributed by atoms with Gasteiger partial charge < -0.3 is 19.9 Å². The first-order valence-electron chi connectivity index (χ1n) is 9.47. The molecule has 6 nitrogen and oxygen atoms in total. The first kappa shape index (κ1) is 22.5. The second-order valence-electron chi connectivity index (χ2n) is 6.72. The molecule has 0 saturated carbocycles. The number of hydrogen-bond donors (Lipinski definition) is 1. The number of ether oxygens (including phenoxy) is 3. The average Bonchev–Trinajstić information content (AvgIpc) is 2.73. The number of esters is 1. The van der Waals surface area contributed by atoms with Gasteiger partial charge in [-0.25, -0.2) is 4.79 Å². The van der Waals surface area contributed by atoms with Crippen molar-refractivity contribution in [3.63, 3.8) is 0 Å². The third-order valence-electron chi connectivity index (χ3n) is 4.70. The van der Waals surface area contributed by atoms with Gasteiger partial charge in [0.05, 0.1) is 23.1 Å². The van der Waals surface area contributed by atoms with Crippen molar-refractivity contribution in [2.24, 2.45) is 5.73 Å². The fourth-order valence-electron chi connectivity index (χ4n) is 3.24. The highest BCUT2D eigenvalue weighted by molar-refractivity contribution is 6.32. The molecule has 1 aliphatic heterocycles. The van der Waals surface area contributed by atoms with E-state index in [4.69, 9.17) is 43.1 Å². The lowest BCUT2D eigenvalue weighted by Crippen LogP contribution is -2.25. The minimum atomic E-state index is -0.763. The van der Waals surface area contributed by atoms with E-state index in [0.29, 0.717) is 28.0 Å². The zero-order valence-electron chi connectivity index (χ0n) is 16.9. The third-order valence-corrected chi connectivity index (χ3v) is 5.25. The first-order valence-corrected chi connectivity index (χ1v) is 10.2. The van der Waals surface area contributed by atoms with Crippen LogP contribution in [0.1, 0.15) is 30.9 Å². The van der Waals surface area contributed by atoms with E-state index in [1.165, 1.54) is 0 Å². The van der Waals surface area contributed by atoms with Gasteiger partial charge in [-0.15, -0.1) is 0 Å². The molecule has 31 heavy (non-hydrogen) atoms. The van der Waals surface area contributed by atoms with E-state index in [0.717, 1.165) is 5.56 Å². The SMILES string of the molecule is CCOC(=O)C1=C(C)OC(N)=C(C#N)C1c1ccc(OCc2ccc(Cl)cc2)c(Cl)c1. The molecule has 0 saturated heterocycles. The maximum atomic E-state index is 12.6. The molecule has 1 atom stereocenters. The summed E-state index contributed by atoms with van der Waals surface area (Å²) in [7, 11) is 0. The van der Waals surface area contributed by atoms with Gasteiger partial charge in [0.1, 0.15) is 29.8 Å². The van der Waals surface area contributed by atoms with Crippen molar-refractivity contribution in [3.8, 4) is 11.8 Å². The molecule has 0 amide bonds. The number of allylic oxidation sites excluding steroid dienone is 2. The van der Waals surface area contributed by atoms with Gasteiger partial charge in [-0.3, -0.25) is 0 Å². The molecular weight excluding hydrogens is 439 g/mol. The molecule has 0 fully saturated rings. The predicted molar refractivity (Wildman–Crippen MR) is 117 cm³/mol. The van der Waals surface area contributed by atoms with Gasteiger partial charge in [0.2, 0.25) is 5.88 Å². The summed E-state index contributed by atoms with van der Waals surface area (Å²) in [6, 6.07) is 14.4. The van der Waals surface area contributed by atoms with Crippen molar-refractivity contribution in [1.29, 1.82) is 5.26 Å². The van der Waals surface area contributed by atoms with Crippen LogP contribution in [0.3, 0.4) is 0 Å². The Balaban J connectivity index is 1.92. The van der Waals surface area contributed by atoms with Crippen LogP contribution in [-0.4, -0.2) is 12.6 Å². The molecule has 160 valence electrons. The second kappa shape index (κ2) is 9.78. The molecule has 0 radical (unpaired) electrons. The minimum Gasteiger partial charge on any atom is -0.487 e. The van der Waals surface area contributed by atoms with Crippen molar-refractivity contribution >= 4 is 29.2 Å². The molecule has 1 unspecified atom stereocenters. The van der Waals surface area contributed by atoms with Crippen LogP contribution in [0.2, 0.25) is 10.0 Å². The average molecular weight is 459 g/mol. The highest BCUT2D eigenvalue weighted by atomic mass is 35.5. The van der Waals surface area contributed by atoms with Crippen LogP contribution >= 0.6 is 23.2 Å². The lowest BCUT2D eigenvalue weighted by Gasteiger charge is -2.27. The third kappa shape index (κ3) is 4.96. The van der Waals surface area contributed by atoms with Crippen molar-refractivity contribution < 1.29 is 19.0 Å². The monoisotopic (exact) mass is 458 g/mol. The zero-order valence-corrected chi connectivity index (χ0v) is 18.5. The molecule has 2 aromatic carbocycles. The maximum Gasteiger partial charge on any atom is 0.338 e. The number of carbonyl (C=O) groups excluding carboxylic acids is 1. The van der Waals surface area contributed by atoms with E-state index in [1.807, 2.05) is 18.2 Å². The number of halogens is 2. The normalized spacial score (nSPS) is 15.9. The smallest absolute Gasteiger partial charge is 0.338 e. The number of rotatable bonds is 6. The highest BCUT2D eigenvalue weighted by Crippen LogP contribution is 2.41. The van der Waals surface area contributed by atoms with Gasteiger partial charge in [-0.2, -0.15) is 5.26 Å². The molecule has 3 rings (SSSR count). The van der Waals surface area contributed by atoms with Gasteiger partial charge in [-0.05, 0) is 49.2 Å². The number of nitrogens with zero attached hydrogens (tertiary/aromatic N) is 1. The van der Waals surface area contributed by atoms with E-state index in [1.54, 1.807) is 44.2 Å². The number of hydrogen-bond acceptors (Lipinski definition) is 6. The van der Waals surface area contributed by atoms with E-state index in [-0.39, 0.29) is 29.4 Å². The highest BCUT2D eigenvalue weighted by Gasteiger charge is 2.36. The van der Waals surface area contributed by atoms with Crippen LogP contribution in [0.25, 0.3) is 0 Å². The molecule has 8 heteroatoms. The fraction of sp³-hybridized carbons (Fsp3) is 0.217. The second-order valence-corrected chi connectivity index (χ2v) is 7.56. The van der Waals surface area contributed by atoms with Crippen LogP contribution < -0.4 is 10.5 Å². The van der Waals surface area contributed by atoms with Crippen molar-refractivity contribution in [2.75, 3.05) is 6.61 Å². The standard InChI is InChI=1S/C23H20Cl2N2O4/c1-3-29-23(28)20-13(2)31-22(27)17(11-26)21(20)15-6-9-19(18(25)10-15)30-12-14-4-7-16(24)8-5-14/h4-10,21H,3,12,27H2,1-2H3. The summed E-state index contributed by atoms with van der Waals surface area (Å²) in [5.74, 6) is -0.664. The Morgan fingerprint density at radius 3 is 2.55 bits per heavy atom. The molecule has 0 spiro atoms. The summed E-state index contributed by atoms with van der Waals surface area (Å²) in [6.45, 7) is 3.79. The number of carbonyl (C=O) groups is 1. The summed E-state index contributed by atoms with van der Waals surface area (Å²) in [6.07, 6.45) is 0. The summed E-state index contributed by atoms with van der Waals surface area (Å²) < 4.78 is 16.4. The zero-order chi connectivity index (χ0) is 22.5. The Morgan fingerprint density at radius 2 is 1.94 bits per heavy atom. The topological polar surface area (TPSA) is 94.6 Å². The Kier molecular flexibility index (Phi) is 7.11. The quantitative estimate of drug-likeness (QED) is 0.596. The lowest BCUT2D eigenvalue weighted by molar-refractivity contribution is -0.139. The predicted octanol–water partition coefficient (Wildman–Crippen LogP) is 5.22. The van der Waals surface area contributed by atoms with Crippen molar-refractivity contribution in [2.45, 2.75) is 26.4 Å². The molecule has 2 N–H and O–H groups in total. The lowest BCUT2D eigenvalue weighted by atomic mass is 9.83. The molecule has 1 heterocycles. The van der Waals surface area contributed by atoms with E-state index >= 15 is 0 Å². The summed E-state index contributed by atoms with van der Waals surface area (Å²) in [4.78, 5) is 12.6. The molecule has 1 aliphatic rings. The van der Waals surface area contributed by atoms with Crippen LogP contribution in [0.5, 0.6) is 5.75 Å². The molecule has 0 aromatic heterocycles. The fourth-order valence-corrected chi connectivity index (χ4v) is 3.61. The van der Waals surface area contributed by atoms with E-state index in [2.05, 4.69) is 0 Å². The van der Waals surface area contributed by atoms with Gasteiger partial charge in [0, 0.05) is 5.02 Å². The molecule has 0 bridgehead atoms. The Hall–Kier alpha value is -3.14. The van der Waals surface area contributed by atoms with Crippen molar-refractivity contribution in [3.05, 3.63) is 86.4 Å². The van der Waals surface area contributed by atoms with Crippen LogP contribution in [-0.2, 0) is 20.9 Å². The van der Waals surface area contributed by atoms with Gasteiger partial charge >= 0.3 is 5.97 Å². The van der Waals surface area contributed by atoms with Crippen molar-refractivity contribution in [1.82, 2.24) is 0 Å². The van der Waals surface area contributed by atoms with E-state index in [9.17, 15) is 10.1 Å². The minimum absolute atomic E-state index is 0.0581. The van der Waals surface area contributed by atoms with Crippen LogP contribution in [0.4, 0.5) is 0 Å². The van der Waals surface area contributed by atoms with Gasteiger partial charge in [0.15, 0.2) is 0 Å². The van der Waals surface area contributed by atoms with E-state index < -0.39 is 11.9 Å². The largest absolute Gasteiger partial charge is 0.487 e. The van der Waals surface area contributed by atoms with Crippen LogP contribution in [0, 0.1) is 11.3 Å². The number of benzene rings is 2. The number of nitriles is 1. The summed E-state index contributed by atoms with van der Waals surface area (Å²) in [5, 5.41) is 10.6. The van der Waals surface area contributed by atoms with Crippen LogP contribution in [0.15, 0.2) is 65.3 Å². The summed E-state index contributed by atoms with van der Waals surface area (Å²) in [5.41, 5.74) is 7.76. The first-order chi connectivity index (χ1) is 14.8. The van der Waals surface area contributed by atoms with Gasteiger partial charge in [-0.1, -0.05) is 41.4 Å². The maximum absolute atomic E-state index is 12.6. The number of nitrogens with two attached hydrogens (primary N) is 1. The van der Waals surface area contributed by atoms with Gasteiger partial charge in [0.25, 0.3) is 0 Å². The molecule has 2 aromatic rings. The molecule has 0 aliphatic carbocycles. The summed E-state index contributed by atoms with van der Waals surface area (Å²) >= 11 is 12.4. The Bertz CT molecular complexity index is 1100.